The summed E-state index contributed by atoms with van der Waals surface area (Å²) >= 11 is 0. The smallest absolute Gasteiger partial charge is 0.254 e. The van der Waals surface area contributed by atoms with Gasteiger partial charge in [0.25, 0.3) is 5.91 Å². The standard InChI is InChI=1S/C38H61N3O3/c1-8-9-25-10-12-26(13-11-25)35(43)40-31-23-27(34(39)42)22-28(24-31)36(44)41(32-18-14-29(15-19-32)37(2,3)4)33-20-16-30(17-21-33)38(5,6)7/h22-26,29-30,32-33H,8-21H2,1-7H3,(H2,39,42)(H,40,43)/t25-,26+,29-,30-,32+,33+. The van der Waals surface area contributed by atoms with Crippen LogP contribution < -0.4 is 11.1 Å². The Hall–Kier alpha value is -2.37. The van der Waals surface area contributed by atoms with E-state index >= 15 is 0 Å². The summed E-state index contributed by atoms with van der Waals surface area (Å²) < 4.78 is 0. The van der Waals surface area contributed by atoms with Gasteiger partial charge in [0, 0.05) is 34.8 Å². The number of benzene rings is 1. The molecule has 1 aromatic rings. The average Bonchev–Trinajstić information content (AvgIpc) is 2.97. The van der Waals surface area contributed by atoms with E-state index in [1.807, 2.05) is 0 Å². The first-order valence-corrected chi connectivity index (χ1v) is 17.8. The van der Waals surface area contributed by atoms with Gasteiger partial charge in [0.1, 0.15) is 0 Å². The van der Waals surface area contributed by atoms with Crippen LogP contribution >= 0.6 is 0 Å². The minimum Gasteiger partial charge on any atom is -0.366 e. The van der Waals surface area contributed by atoms with Crippen molar-refractivity contribution < 1.29 is 14.4 Å². The summed E-state index contributed by atoms with van der Waals surface area (Å²) in [5.74, 6) is 1.37. The molecule has 44 heavy (non-hydrogen) atoms. The number of nitrogens with two attached hydrogens (primary N) is 1. The van der Waals surface area contributed by atoms with E-state index in [1.54, 1.807) is 18.2 Å². The van der Waals surface area contributed by atoms with E-state index in [-0.39, 0.29) is 46.2 Å². The minimum atomic E-state index is -0.585. The van der Waals surface area contributed by atoms with Crippen LogP contribution in [0.15, 0.2) is 18.2 Å². The lowest BCUT2D eigenvalue weighted by Gasteiger charge is -2.47. The lowest BCUT2D eigenvalue weighted by molar-refractivity contribution is -0.121. The number of rotatable bonds is 8. The first-order valence-electron chi connectivity index (χ1n) is 17.8. The van der Waals surface area contributed by atoms with Crippen molar-refractivity contribution in [1.82, 2.24) is 4.90 Å². The largest absolute Gasteiger partial charge is 0.366 e. The fraction of sp³-hybridized carbons (Fsp3) is 0.763. The van der Waals surface area contributed by atoms with Crippen molar-refractivity contribution in [2.75, 3.05) is 5.32 Å². The van der Waals surface area contributed by atoms with Gasteiger partial charge in [-0.15, -0.1) is 0 Å². The summed E-state index contributed by atoms with van der Waals surface area (Å²) in [5.41, 5.74) is 7.52. The number of primary amides is 1. The van der Waals surface area contributed by atoms with Gasteiger partial charge in [0.15, 0.2) is 0 Å². The molecule has 0 heterocycles. The Morgan fingerprint density at radius 2 is 1.20 bits per heavy atom. The zero-order chi connectivity index (χ0) is 32.2. The second kappa shape index (κ2) is 14.4. The second-order valence-electron chi connectivity index (χ2n) is 16.6. The Morgan fingerprint density at radius 1 is 0.727 bits per heavy atom. The summed E-state index contributed by atoms with van der Waals surface area (Å²) in [6.45, 7) is 16.2. The fourth-order valence-corrected chi connectivity index (χ4v) is 8.55. The molecule has 0 radical (unpaired) electrons. The molecule has 6 heteroatoms. The molecule has 0 saturated heterocycles. The molecule has 0 bridgehead atoms. The van der Waals surface area contributed by atoms with Crippen molar-refractivity contribution >= 4 is 23.4 Å². The molecular weight excluding hydrogens is 546 g/mol. The van der Waals surface area contributed by atoms with Crippen molar-refractivity contribution in [1.29, 1.82) is 0 Å². The van der Waals surface area contributed by atoms with Crippen LogP contribution in [-0.2, 0) is 4.79 Å². The Kier molecular flexibility index (Phi) is 11.3. The van der Waals surface area contributed by atoms with Crippen molar-refractivity contribution in [3.63, 3.8) is 0 Å². The van der Waals surface area contributed by atoms with Crippen molar-refractivity contribution in [3.05, 3.63) is 29.3 Å². The normalized spacial score (nSPS) is 28.2. The second-order valence-corrected chi connectivity index (χ2v) is 16.6. The van der Waals surface area contributed by atoms with E-state index in [9.17, 15) is 14.4 Å². The average molecular weight is 608 g/mol. The van der Waals surface area contributed by atoms with Crippen LogP contribution in [0.25, 0.3) is 0 Å². The van der Waals surface area contributed by atoms with Gasteiger partial charge in [-0.3, -0.25) is 14.4 Å². The van der Waals surface area contributed by atoms with Gasteiger partial charge in [0.05, 0.1) is 0 Å². The van der Waals surface area contributed by atoms with Crippen molar-refractivity contribution in [2.45, 2.75) is 150 Å². The Morgan fingerprint density at radius 3 is 1.64 bits per heavy atom. The Labute approximate surface area is 267 Å². The van der Waals surface area contributed by atoms with Gasteiger partial charge in [-0.1, -0.05) is 61.3 Å². The first kappa shape index (κ1) is 34.5. The van der Waals surface area contributed by atoms with Crippen LogP contribution in [0, 0.1) is 34.5 Å². The molecular formula is C38H61N3O3. The number of nitrogens with one attached hydrogen (secondary N) is 1. The van der Waals surface area contributed by atoms with Crippen LogP contribution in [0.2, 0.25) is 0 Å². The van der Waals surface area contributed by atoms with Crippen LogP contribution in [0.1, 0.15) is 159 Å². The maximum absolute atomic E-state index is 14.6. The highest BCUT2D eigenvalue weighted by Crippen LogP contribution is 2.43. The lowest BCUT2D eigenvalue weighted by atomic mass is 9.69. The predicted octanol–water partition coefficient (Wildman–Crippen LogP) is 8.98. The predicted molar refractivity (Wildman–Crippen MR) is 181 cm³/mol. The van der Waals surface area contributed by atoms with Crippen LogP contribution in [0.5, 0.6) is 0 Å². The molecule has 1 aromatic carbocycles. The van der Waals surface area contributed by atoms with Gasteiger partial charge in [0.2, 0.25) is 11.8 Å². The molecule has 0 unspecified atom stereocenters. The van der Waals surface area contributed by atoms with Gasteiger partial charge in [-0.2, -0.15) is 0 Å². The third-order valence-corrected chi connectivity index (χ3v) is 11.5. The van der Waals surface area contributed by atoms with Crippen molar-refractivity contribution in [2.24, 2.45) is 40.2 Å². The quantitative estimate of drug-likeness (QED) is 0.309. The maximum Gasteiger partial charge on any atom is 0.254 e. The first-order chi connectivity index (χ1) is 20.7. The molecule has 0 aromatic heterocycles. The molecule has 0 aliphatic heterocycles. The van der Waals surface area contributed by atoms with E-state index in [2.05, 4.69) is 58.7 Å². The van der Waals surface area contributed by atoms with E-state index in [0.29, 0.717) is 23.1 Å². The molecule has 3 aliphatic carbocycles. The molecule has 3 saturated carbocycles. The highest BCUT2D eigenvalue weighted by molar-refractivity contribution is 6.02. The Bertz CT molecular complexity index is 1100. The van der Waals surface area contributed by atoms with Crippen LogP contribution in [0.4, 0.5) is 5.69 Å². The van der Waals surface area contributed by atoms with E-state index < -0.39 is 5.91 Å². The summed E-state index contributed by atoms with van der Waals surface area (Å²) in [6, 6.07) is 5.43. The zero-order valence-electron chi connectivity index (χ0n) is 28.8. The monoisotopic (exact) mass is 607 g/mol. The van der Waals surface area contributed by atoms with Crippen LogP contribution in [0.3, 0.4) is 0 Å². The topological polar surface area (TPSA) is 92.5 Å². The third kappa shape index (κ3) is 8.66. The number of amides is 3. The SMILES string of the molecule is CCC[C@H]1CC[C@@H](C(=O)Nc2cc(C(N)=O)cc(C(=O)N([C@H]3CC[C@@H](C(C)(C)C)CC3)[C@H]3CC[C@@H](C(C)(C)C)CC3)c2)CC1. The van der Waals surface area contributed by atoms with E-state index in [4.69, 9.17) is 5.73 Å². The molecule has 3 amide bonds. The summed E-state index contributed by atoms with van der Waals surface area (Å²) in [7, 11) is 0. The maximum atomic E-state index is 14.6. The van der Waals surface area contributed by atoms with E-state index in [1.165, 1.54) is 12.8 Å². The number of carbonyl (C=O) groups is 3. The zero-order valence-corrected chi connectivity index (χ0v) is 28.8. The molecule has 6 nitrogen and oxygen atoms in total. The number of hydrogen-bond donors (Lipinski definition) is 2. The molecule has 3 aliphatic rings. The molecule has 246 valence electrons. The number of hydrogen-bond acceptors (Lipinski definition) is 3. The number of carbonyl (C=O) groups excluding carboxylic acids is 3. The van der Waals surface area contributed by atoms with Gasteiger partial charge < -0.3 is 16.0 Å². The van der Waals surface area contributed by atoms with E-state index in [0.717, 1.165) is 83.0 Å². The molecule has 3 fully saturated rings. The number of anilines is 1. The lowest BCUT2D eigenvalue weighted by Crippen LogP contribution is -2.50. The highest BCUT2D eigenvalue weighted by Gasteiger charge is 2.40. The third-order valence-electron chi connectivity index (χ3n) is 11.5. The summed E-state index contributed by atoms with van der Waals surface area (Å²) in [6.07, 6.45) is 14.9. The molecule has 0 atom stereocenters. The van der Waals surface area contributed by atoms with Gasteiger partial charge in [-0.05, 0) is 124 Å². The highest BCUT2D eigenvalue weighted by atomic mass is 16.2. The summed E-state index contributed by atoms with van der Waals surface area (Å²) in [5, 5.41) is 3.07. The Balaban J connectivity index is 1.57. The van der Waals surface area contributed by atoms with Gasteiger partial charge in [-0.25, -0.2) is 0 Å². The minimum absolute atomic E-state index is 0.0159. The molecule has 4 rings (SSSR count). The van der Waals surface area contributed by atoms with Gasteiger partial charge >= 0.3 is 0 Å². The number of nitrogens with zero attached hydrogens (tertiary/aromatic N) is 1. The summed E-state index contributed by atoms with van der Waals surface area (Å²) in [4.78, 5) is 42.5. The van der Waals surface area contributed by atoms with Crippen LogP contribution in [-0.4, -0.2) is 34.7 Å². The fourth-order valence-electron chi connectivity index (χ4n) is 8.55. The van der Waals surface area contributed by atoms with Crippen molar-refractivity contribution in [3.8, 4) is 0 Å². The molecule has 3 N–H and O–H groups in total. The molecule has 0 spiro atoms.